The van der Waals surface area contributed by atoms with Crippen LogP contribution in [0.5, 0.6) is 0 Å². The van der Waals surface area contributed by atoms with Gasteiger partial charge in [-0.2, -0.15) is 0 Å². The van der Waals surface area contributed by atoms with Crippen LogP contribution in [0.4, 0.5) is 0 Å². The second-order valence-corrected chi connectivity index (χ2v) is 12.6. The lowest BCUT2D eigenvalue weighted by Crippen LogP contribution is -2.28. The van der Waals surface area contributed by atoms with Gasteiger partial charge in [-0.05, 0) is 55.9 Å². The molecule has 0 saturated carbocycles. The largest absolute Gasteiger partial charge is 0.461 e. The standard InChI is InChI=1S/C14H21NO2S2.C8H9NOS2.4CH3NO3/c1-4-15(5-2)10-11-17-14(16)12-8-6-7-9-13(12)19-18-3;1-11-12-7-4-2-3-6(5-7)8(9)10;4*1-5-2(3)4/h6-9H,4-5,10-11H2,1-3H3;2-5H,1H3,(H2,9,10);4*1H3. The molecule has 1 amide bonds. The van der Waals surface area contributed by atoms with Crippen LogP contribution in [0.25, 0.3) is 0 Å². The maximum absolute atomic E-state index is 12.0. The summed E-state index contributed by atoms with van der Waals surface area (Å²) in [5, 5.41) is 32.3. The molecule has 0 bridgehead atoms. The van der Waals surface area contributed by atoms with Crippen molar-refractivity contribution in [3.05, 3.63) is 100 Å². The third-order valence-corrected chi connectivity index (χ3v) is 8.14. The van der Waals surface area contributed by atoms with Crippen molar-refractivity contribution in [1.82, 2.24) is 4.90 Å². The molecular formula is C26H42N6O15S4. The van der Waals surface area contributed by atoms with E-state index in [0.29, 0.717) is 17.7 Å². The first-order chi connectivity index (χ1) is 24.0. The highest BCUT2D eigenvalue weighted by Crippen LogP contribution is 2.31. The molecule has 0 aliphatic heterocycles. The lowest BCUT2D eigenvalue weighted by molar-refractivity contribution is -0.749. The van der Waals surface area contributed by atoms with Gasteiger partial charge in [0.1, 0.15) is 6.61 Å². The zero-order valence-corrected chi connectivity index (χ0v) is 32.3. The van der Waals surface area contributed by atoms with Gasteiger partial charge in [0.25, 0.3) is 20.3 Å². The van der Waals surface area contributed by atoms with Gasteiger partial charge < -0.3 is 34.7 Å². The van der Waals surface area contributed by atoms with E-state index in [9.17, 15) is 9.59 Å². The number of benzene rings is 2. The van der Waals surface area contributed by atoms with E-state index in [4.69, 9.17) is 50.9 Å². The first-order valence-corrected chi connectivity index (χ1v) is 18.7. The fourth-order valence-corrected chi connectivity index (χ4v) is 5.40. The zero-order chi connectivity index (χ0) is 40.2. The minimum atomic E-state index is -0.875. The minimum absolute atomic E-state index is 0.232. The number of carbonyl (C=O) groups is 2. The Hall–Kier alpha value is -4.46. The molecule has 51 heavy (non-hydrogen) atoms. The van der Waals surface area contributed by atoms with E-state index in [1.54, 1.807) is 55.3 Å². The van der Waals surface area contributed by atoms with Crippen LogP contribution in [0.15, 0.2) is 58.3 Å². The Morgan fingerprint density at radius 3 is 1.53 bits per heavy atom. The Bertz CT molecular complexity index is 1230. The molecule has 0 fully saturated rings. The number of hydrogen-bond donors (Lipinski definition) is 1. The summed E-state index contributed by atoms with van der Waals surface area (Å²) in [7, 11) is 10.5. The van der Waals surface area contributed by atoms with Crippen molar-refractivity contribution in [3.63, 3.8) is 0 Å². The summed E-state index contributed by atoms with van der Waals surface area (Å²) in [5.74, 6) is -0.608. The van der Waals surface area contributed by atoms with Crippen molar-refractivity contribution in [2.75, 3.05) is 67.2 Å². The molecule has 0 heterocycles. The third-order valence-electron chi connectivity index (χ3n) is 4.71. The predicted octanol–water partition coefficient (Wildman–Crippen LogP) is 5.01. The second kappa shape index (κ2) is 36.8. The van der Waals surface area contributed by atoms with Gasteiger partial charge in [-0.15, -0.1) is 40.5 Å². The Balaban J connectivity index is -0.000000294. The highest BCUT2D eigenvalue weighted by atomic mass is 33.1. The van der Waals surface area contributed by atoms with Crippen molar-refractivity contribution >= 4 is 55.1 Å². The fourth-order valence-electron chi connectivity index (χ4n) is 2.48. The second-order valence-electron chi connectivity index (χ2n) is 7.68. The van der Waals surface area contributed by atoms with Gasteiger partial charge in [-0.1, -0.05) is 75.2 Å². The van der Waals surface area contributed by atoms with E-state index in [2.05, 4.69) is 38.1 Å². The number of primary amides is 1. The van der Waals surface area contributed by atoms with Gasteiger partial charge in [0.15, 0.2) is 0 Å². The van der Waals surface area contributed by atoms with E-state index >= 15 is 0 Å². The van der Waals surface area contributed by atoms with Crippen LogP contribution in [0.2, 0.25) is 0 Å². The lowest BCUT2D eigenvalue weighted by atomic mass is 10.2. The maximum atomic E-state index is 12.0. The van der Waals surface area contributed by atoms with Gasteiger partial charge >= 0.3 is 5.97 Å². The Morgan fingerprint density at radius 1 is 0.725 bits per heavy atom. The normalized spacial score (nSPS) is 8.88. The van der Waals surface area contributed by atoms with E-state index in [1.807, 2.05) is 48.9 Å². The number of hydrogen-bond acceptors (Lipinski definition) is 20. The maximum Gasteiger partial charge on any atom is 0.339 e. The molecule has 0 aliphatic carbocycles. The van der Waals surface area contributed by atoms with Crippen LogP contribution in [0.1, 0.15) is 34.6 Å². The van der Waals surface area contributed by atoms with Crippen molar-refractivity contribution in [3.8, 4) is 0 Å². The van der Waals surface area contributed by atoms with Crippen LogP contribution in [-0.2, 0) is 24.1 Å². The van der Waals surface area contributed by atoms with Crippen LogP contribution >= 0.6 is 43.2 Å². The molecule has 0 saturated heterocycles. The summed E-state index contributed by atoms with van der Waals surface area (Å²) in [5.41, 5.74) is 6.34. The van der Waals surface area contributed by atoms with Gasteiger partial charge in [-0.25, -0.2) is 4.79 Å². The molecule has 21 nitrogen and oxygen atoms in total. The number of amides is 1. The van der Waals surface area contributed by atoms with Gasteiger partial charge in [0, 0.05) is 21.9 Å². The molecule has 25 heteroatoms. The van der Waals surface area contributed by atoms with Crippen molar-refractivity contribution in [1.29, 1.82) is 0 Å². The molecule has 2 aromatic rings. The van der Waals surface area contributed by atoms with E-state index in [1.165, 1.54) is 0 Å². The third kappa shape index (κ3) is 36.6. The van der Waals surface area contributed by atoms with E-state index in [0.717, 1.165) is 57.9 Å². The van der Waals surface area contributed by atoms with Gasteiger partial charge in [-0.3, -0.25) is 4.79 Å². The SMILES string of the molecule is CCN(CC)CCOC(=O)c1ccccc1SSC.CO[N+](=O)[O-].CO[N+](=O)[O-].CO[N+](=O)[O-].CO[N+](=O)[O-].CSSc1cccc(C(N)=O)c1. The summed E-state index contributed by atoms with van der Waals surface area (Å²) in [6.45, 7) is 7.40. The first-order valence-electron chi connectivity index (χ1n) is 13.6. The molecule has 290 valence electrons. The summed E-state index contributed by atoms with van der Waals surface area (Å²) < 4.78 is 5.35. The number of ether oxygens (including phenoxy) is 1. The summed E-state index contributed by atoms with van der Waals surface area (Å²) in [6, 6.07) is 14.9. The van der Waals surface area contributed by atoms with Crippen LogP contribution in [0, 0.1) is 40.5 Å². The molecular weight excluding hydrogens is 765 g/mol. The van der Waals surface area contributed by atoms with Gasteiger partial charge in [0.2, 0.25) is 5.91 Å². The number of nitrogens with zero attached hydrogens (tertiary/aromatic N) is 5. The van der Waals surface area contributed by atoms with Crippen molar-refractivity contribution < 1.29 is 54.0 Å². The number of nitrogens with two attached hydrogens (primary N) is 1. The summed E-state index contributed by atoms with van der Waals surface area (Å²) >= 11 is 0. The lowest BCUT2D eigenvalue weighted by Gasteiger charge is -2.17. The minimum Gasteiger partial charge on any atom is -0.461 e. The topological polar surface area (TPSA) is 282 Å². The Labute approximate surface area is 309 Å². The van der Waals surface area contributed by atoms with Crippen molar-refractivity contribution in [2.45, 2.75) is 23.6 Å². The zero-order valence-electron chi connectivity index (χ0n) is 29.0. The monoisotopic (exact) mass is 806 g/mol. The van der Waals surface area contributed by atoms with Crippen LogP contribution < -0.4 is 5.73 Å². The fraction of sp³-hybridized carbons (Fsp3) is 0.462. The molecule has 0 aliphatic rings. The smallest absolute Gasteiger partial charge is 0.339 e. The van der Waals surface area contributed by atoms with Gasteiger partial charge in [0.05, 0.1) is 34.0 Å². The quantitative estimate of drug-likeness (QED) is 0.107. The van der Waals surface area contributed by atoms with Crippen LogP contribution in [0.3, 0.4) is 0 Å². The average Bonchev–Trinajstić information content (AvgIpc) is 3.11. The molecule has 0 radical (unpaired) electrons. The molecule has 2 aromatic carbocycles. The number of carbonyl (C=O) groups excluding carboxylic acids is 2. The summed E-state index contributed by atoms with van der Waals surface area (Å²) in [6.07, 6.45) is 3.98. The Kier molecular flexibility index (Phi) is 38.5. The van der Waals surface area contributed by atoms with Crippen LogP contribution in [-0.4, -0.2) is 104 Å². The molecule has 0 atom stereocenters. The number of rotatable bonds is 15. The number of esters is 1. The van der Waals surface area contributed by atoms with Crippen molar-refractivity contribution in [2.24, 2.45) is 5.73 Å². The highest BCUT2D eigenvalue weighted by Gasteiger charge is 2.13. The first kappa shape index (κ1) is 53.3. The predicted molar refractivity (Wildman–Crippen MR) is 194 cm³/mol. The Morgan fingerprint density at radius 2 is 1.16 bits per heavy atom. The molecule has 0 spiro atoms. The highest BCUT2D eigenvalue weighted by molar-refractivity contribution is 8.76. The number of likely N-dealkylation sites (N-methyl/N-ethyl adjacent to an activating group) is 1. The average molecular weight is 807 g/mol. The molecule has 2 rings (SSSR count). The molecule has 0 aromatic heterocycles. The van der Waals surface area contributed by atoms with E-state index in [-0.39, 0.29) is 11.9 Å². The summed E-state index contributed by atoms with van der Waals surface area (Å²) in [4.78, 5) is 76.7. The molecule has 2 N–H and O–H groups in total. The molecule has 0 unspecified atom stereocenters. The van der Waals surface area contributed by atoms with E-state index < -0.39 is 20.3 Å².